The van der Waals surface area contributed by atoms with Crippen LogP contribution in [-0.2, 0) is 11.3 Å². The minimum absolute atomic E-state index is 0.0548. The largest absolute Gasteiger partial charge is 0.342 e. The predicted octanol–water partition coefficient (Wildman–Crippen LogP) is 6.05. The molecule has 6 heteroatoms. The lowest BCUT2D eigenvalue weighted by Crippen LogP contribution is -2.21. The van der Waals surface area contributed by atoms with Crippen LogP contribution in [0.2, 0.25) is 10.0 Å². The van der Waals surface area contributed by atoms with E-state index in [-0.39, 0.29) is 5.57 Å². The Bertz CT molecular complexity index is 1060. The van der Waals surface area contributed by atoms with Gasteiger partial charge in [0.15, 0.2) is 0 Å². The van der Waals surface area contributed by atoms with E-state index in [1.165, 1.54) is 12.3 Å². The zero-order valence-corrected chi connectivity index (χ0v) is 16.9. The lowest BCUT2D eigenvalue weighted by atomic mass is 10.2. The first kappa shape index (κ1) is 20.5. The number of para-hydroxylation sites is 1. The van der Waals surface area contributed by atoms with Crippen LogP contribution in [0.15, 0.2) is 90.6 Å². The molecule has 144 valence electrons. The number of carbonyl (C=O) groups is 1. The molecule has 3 aromatic carbocycles. The number of hydrogen-bond donors (Lipinski definition) is 1. The van der Waals surface area contributed by atoms with Gasteiger partial charge >= 0.3 is 0 Å². The maximum absolute atomic E-state index is 12.7. The van der Waals surface area contributed by atoms with Gasteiger partial charge < -0.3 is 10.2 Å². The summed E-state index contributed by atoms with van der Waals surface area (Å²) in [5.41, 5.74) is 2.20. The first-order chi connectivity index (χ1) is 14.1. The van der Waals surface area contributed by atoms with Gasteiger partial charge in [0.25, 0.3) is 5.91 Å². The van der Waals surface area contributed by atoms with Gasteiger partial charge in [0, 0.05) is 23.5 Å². The molecule has 0 aliphatic rings. The molecule has 3 aromatic rings. The smallest absolute Gasteiger partial charge is 0.267 e. The maximum Gasteiger partial charge on any atom is 0.267 e. The van der Waals surface area contributed by atoms with Gasteiger partial charge in [-0.05, 0) is 35.9 Å². The number of anilines is 2. The average molecular weight is 422 g/mol. The van der Waals surface area contributed by atoms with E-state index < -0.39 is 5.91 Å². The van der Waals surface area contributed by atoms with Crippen molar-refractivity contribution < 1.29 is 4.79 Å². The van der Waals surface area contributed by atoms with Gasteiger partial charge in [-0.3, -0.25) is 4.79 Å². The fourth-order valence-corrected chi connectivity index (χ4v) is 3.02. The Kier molecular flexibility index (Phi) is 6.91. The SMILES string of the molecule is N#C/C(=C/N(Cc1ccccc1)c1ccccc1)C(=O)Nc1cc(Cl)ccc1Cl. The molecule has 1 amide bonds. The molecule has 3 rings (SSSR count). The van der Waals surface area contributed by atoms with Gasteiger partial charge in [-0.2, -0.15) is 5.26 Å². The molecule has 0 fully saturated rings. The summed E-state index contributed by atoms with van der Waals surface area (Å²) in [5, 5.41) is 13.0. The third-order valence-corrected chi connectivity index (χ3v) is 4.67. The standard InChI is InChI=1S/C23H17Cl2N3O/c24-19-11-12-21(25)22(13-19)27-23(29)18(14-26)16-28(20-9-5-2-6-10-20)15-17-7-3-1-4-8-17/h1-13,16H,15H2,(H,27,29)/b18-16-. The zero-order chi connectivity index (χ0) is 20.6. The highest BCUT2D eigenvalue weighted by Gasteiger charge is 2.15. The van der Waals surface area contributed by atoms with Gasteiger partial charge in [0.05, 0.1) is 10.7 Å². The number of rotatable bonds is 6. The third-order valence-electron chi connectivity index (χ3n) is 4.11. The molecule has 29 heavy (non-hydrogen) atoms. The molecule has 0 saturated heterocycles. The summed E-state index contributed by atoms with van der Waals surface area (Å²) in [6.45, 7) is 0.501. The molecule has 0 atom stereocenters. The Morgan fingerprint density at radius 3 is 2.31 bits per heavy atom. The van der Waals surface area contributed by atoms with E-state index in [0.717, 1.165) is 11.3 Å². The van der Waals surface area contributed by atoms with Crippen LogP contribution in [0.25, 0.3) is 0 Å². The molecule has 0 heterocycles. The van der Waals surface area contributed by atoms with Crippen LogP contribution in [0.3, 0.4) is 0 Å². The summed E-state index contributed by atoms with van der Waals surface area (Å²) in [7, 11) is 0. The Morgan fingerprint density at radius 1 is 1.00 bits per heavy atom. The molecular weight excluding hydrogens is 405 g/mol. The van der Waals surface area contributed by atoms with E-state index >= 15 is 0 Å². The van der Waals surface area contributed by atoms with E-state index in [1.807, 2.05) is 71.6 Å². The summed E-state index contributed by atoms with van der Waals surface area (Å²) in [5.74, 6) is -0.564. The summed E-state index contributed by atoms with van der Waals surface area (Å²) < 4.78 is 0. The minimum Gasteiger partial charge on any atom is -0.342 e. The number of nitriles is 1. The van der Waals surface area contributed by atoms with Crippen molar-refractivity contribution in [1.29, 1.82) is 5.26 Å². The van der Waals surface area contributed by atoms with Crippen molar-refractivity contribution in [3.05, 3.63) is 106 Å². The van der Waals surface area contributed by atoms with Crippen molar-refractivity contribution in [3.63, 3.8) is 0 Å². The summed E-state index contributed by atoms with van der Waals surface area (Å²) in [4.78, 5) is 14.6. The number of nitrogens with one attached hydrogen (secondary N) is 1. The van der Waals surface area contributed by atoms with Crippen molar-refractivity contribution in [2.75, 3.05) is 10.2 Å². The van der Waals surface area contributed by atoms with Crippen LogP contribution >= 0.6 is 23.2 Å². The molecule has 0 radical (unpaired) electrons. The van der Waals surface area contributed by atoms with Crippen molar-refractivity contribution in [2.24, 2.45) is 0 Å². The quantitative estimate of drug-likeness (QED) is 0.389. The van der Waals surface area contributed by atoms with Crippen LogP contribution in [0.1, 0.15) is 5.56 Å². The predicted molar refractivity (Wildman–Crippen MR) is 118 cm³/mol. The van der Waals surface area contributed by atoms with E-state index in [9.17, 15) is 10.1 Å². The van der Waals surface area contributed by atoms with Crippen molar-refractivity contribution in [2.45, 2.75) is 6.54 Å². The van der Waals surface area contributed by atoms with Crippen LogP contribution in [0, 0.1) is 11.3 Å². The average Bonchev–Trinajstić information content (AvgIpc) is 2.75. The van der Waals surface area contributed by atoms with Gasteiger partial charge in [-0.15, -0.1) is 0 Å². The minimum atomic E-state index is -0.564. The summed E-state index contributed by atoms with van der Waals surface area (Å²) in [6.07, 6.45) is 1.54. The fourth-order valence-electron chi connectivity index (χ4n) is 2.69. The van der Waals surface area contributed by atoms with Crippen LogP contribution in [-0.4, -0.2) is 5.91 Å². The van der Waals surface area contributed by atoms with Gasteiger partial charge in [-0.1, -0.05) is 71.7 Å². The van der Waals surface area contributed by atoms with Crippen molar-refractivity contribution in [1.82, 2.24) is 0 Å². The normalized spacial score (nSPS) is 10.9. The molecule has 0 aromatic heterocycles. The number of amides is 1. The zero-order valence-electron chi connectivity index (χ0n) is 15.3. The summed E-state index contributed by atoms with van der Waals surface area (Å²) in [6, 6.07) is 26.1. The van der Waals surface area contributed by atoms with E-state index in [0.29, 0.717) is 22.3 Å². The molecule has 4 nitrogen and oxygen atoms in total. The molecule has 0 bridgehead atoms. The Balaban J connectivity index is 1.90. The Hall–Kier alpha value is -3.26. The van der Waals surface area contributed by atoms with Crippen LogP contribution < -0.4 is 10.2 Å². The Morgan fingerprint density at radius 2 is 1.66 bits per heavy atom. The first-order valence-electron chi connectivity index (χ1n) is 8.81. The molecule has 1 N–H and O–H groups in total. The fraction of sp³-hybridized carbons (Fsp3) is 0.0435. The van der Waals surface area contributed by atoms with Gasteiger partial charge in [0.1, 0.15) is 11.6 Å². The second kappa shape index (κ2) is 9.79. The molecule has 0 unspecified atom stereocenters. The van der Waals surface area contributed by atoms with Gasteiger partial charge in [-0.25, -0.2) is 0 Å². The highest BCUT2D eigenvalue weighted by Crippen LogP contribution is 2.26. The topological polar surface area (TPSA) is 56.1 Å². The molecule has 0 aliphatic carbocycles. The van der Waals surface area contributed by atoms with E-state index in [4.69, 9.17) is 23.2 Å². The number of halogens is 2. The molecule has 0 spiro atoms. The lowest BCUT2D eigenvalue weighted by molar-refractivity contribution is -0.112. The number of hydrogen-bond acceptors (Lipinski definition) is 3. The first-order valence-corrected chi connectivity index (χ1v) is 9.56. The Labute approximate surface area is 179 Å². The second-order valence-corrected chi connectivity index (χ2v) is 7.03. The molecule has 0 aliphatic heterocycles. The van der Waals surface area contributed by atoms with Crippen LogP contribution in [0.4, 0.5) is 11.4 Å². The summed E-state index contributed by atoms with van der Waals surface area (Å²) >= 11 is 12.1. The number of nitrogens with zero attached hydrogens (tertiary/aromatic N) is 2. The molecule has 0 saturated carbocycles. The maximum atomic E-state index is 12.7. The highest BCUT2D eigenvalue weighted by molar-refractivity contribution is 6.36. The van der Waals surface area contributed by atoms with Crippen molar-refractivity contribution in [3.8, 4) is 6.07 Å². The number of benzene rings is 3. The second-order valence-electron chi connectivity index (χ2n) is 6.18. The lowest BCUT2D eigenvalue weighted by Gasteiger charge is -2.21. The van der Waals surface area contributed by atoms with E-state index in [2.05, 4.69) is 5.32 Å². The van der Waals surface area contributed by atoms with Crippen molar-refractivity contribution >= 4 is 40.5 Å². The third kappa shape index (κ3) is 5.61. The molecular formula is C23H17Cl2N3O. The van der Waals surface area contributed by atoms with E-state index in [1.54, 1.807) is 12.1 Å². The number of carbonyl (C=O) groups excluding carboxylic acids is 1. The highest BCUT2D eigenvalue weighted by atomic mass is 35.5. The van der Waals surface area contributed by atoms with Gasteiger partial charge in [0.2, 0.25) is 0 Å². The van der Waals surface area contributed by atoms with Crippen LogP contribution in [0.5, 0.6) is 0 Å². The monoisotopic (exact) mass is 421 g/mol.